The molecule has 1 aromatic rings. The Bertz CT molecular complexity index is 406. The van der Waals surface area contributed by atoms with Gasteiger partial charge in [0.25, 0.3) is 0 Å². The van der Waals surface area contributed by atoms with Crippen LogP contribution in [0.3, 0.4) is 0 Å². The molecule has 0 amide bonds. The Morgan fingerprint density at radius 2 is 2.00 bits per heavy atom. The number of unbranched alkanes of at least 4 members (excludes halogenated alkanes) is 1. The van der Waals surface area contributed by atoms with Gasteiger partial charge >= 0.3 is 0 Å². The zero-order valence-electron chi connectivity index (χ0n) is 11.2. The second-order valence-corrected chi connectivity index (χ2v) is 4.88. The number of Topliss-reactive ketones (excluding diaryl/α,β-unsaturated/α-hetero) is 1. The maximum Gasteiger partial charge on any atom is 0.166 e. The molecule has 2 nitrogen and oxygen atoms in total. The molecule has 0 saturated heterocycles. The van der Waals surface area contributed by atoms with Gasteiger partial charge in [0.1, 0.15) is 5.75 Å². The van der Waals surface area contributed by atoms with E-state index in [0.717, 1.165) is 24.0 Å². The van der Waals surface area contributed by atoms with E-state index in [1.807, 2.05) is 32.9 Å². The number of hydrogen-bond acceptors (Lipinski definition) is 2. The lowest BCUT2D eigenvalue weighted by Crippen LogP contribution is -2.06. The number of aryl methyl sites for hydroxylation is 1. The van der Waals surface area contributed by atoms with Crippen LogP contribution in [0, 0.1) is 6.92 Å². The Hall–Kier alpha value is -1.31. The predicted molar refractivity (Wildman–Crippen MR) is 70.8 cm³/mol. The second-order valence-electron chi connectivity index (χ2n) is 4.88. The summed E-state index contributed by atoms with van der Waals surface area (Å²) in [5.74, 6) is 0.483. The van der Waals surface area contributed by atoms with Gasteiger partial charge in [-0.15, -0.1) is 0 Å². The lowest BCUT2D eigenvalue weighted by Gasteiger charge is -2.15. The van der Waals surface area contributed by atoms with E-state index in [-0.39, 0.29) is 17.5 Å². The average Bonchev–Trinajstić information content (AvgIpc) is 2.28. The van der Waals surface area contributed by atoms with Crippen LogP contribution in [0.4, 0.5) is 0 Å². The highest BCUT2D eigenvalue weighted by atomic mass is 16.3. The van der Waals surface area contributed by atoms with Crippen molar-refractivity contribution in [2.45, 2.75) is 52.9 Å². The van der Waals surface area contributed by atoms with Crippen molar-refractivity contribution in [3.8, 4) is 5.75 Å². The summed E-state index contributed by atoms with van der Waals surface area (Å²) in [4.78, 5) is 12.1. The molecule has 0 heterocycles. The van der Waals surface area contributed by atoms with Gasteiger partial charge in [-0.05, 0) is 30.4 Å². The Balaban J connectivity index is 3.18. The predicted octanol–water partition coefficient (Wildman–Crippen LogP) is 4.20. The number of carbonyl (C=O) groups excluding carboxylic acids is 1. The van der Waals surface area contributed by atoms with E-state index >= 15 is 0 Å². The van der Waals surface area contributed by atoms with Crippen LogP contribution >= 0.6 is 0 Å². The number of benzene rings is 1. The molecular weight excluding hydrogens is 212 g/mol. The highest BCUT2D eigenvalue weighted by molar-refractivity contribution is 6.00. The van der Waals surface area contributed by atoms with E-state index in [0.29, 0.717) is 12.0 Å². The molecule has 1 rings (SSSR count). The molecule has 0 aliphatic heterocycles. The highest BCUT2D eigenvalue weighted by Gasteiger charge is 2.19. The normalized spacial score (nSPS) is 10.9. The maximum atomic E-state index is 12.1. The SMILES string of the molecule is CCCCC(=O)c1c(C(C)C)ccc(C)c1O. The van der Waals surface area contributed by atoms with Crippen molar-refractivity contribution >= 4 is 5.78 Å². The number of rotatable bonds is 5. The molecule has 0 bridgehead atoms. The third kappa shape index (κ3) is 3.09. The van der Waals surface area contributed by atoms with Gasteiger partial charge in [-0.1, -0.05) is 39.3 Å². The molecule has 1 aromatic carbocycles. The van der Waals surface area contributed by atoms with Gasteiger partial charge in [0.2, 0.25) is 0 Å². The summed E-state index contributed by atoms with van der Waals surface area (Å²) in [5, 5.41) is 10.1. The van der Waals surface area contributed by atoms with Gasteiger partial charge in [0.15, 0.2) is 5.78 Å². The van der Waals surface area contributed by atoms with E-state index in [1.165, 1.54) is 0 Å². The van der Waals surface area contributed by atoms with Gasteiger partial charge < -0.3 is 5.11 Å². The molecule has 17 heavy (non-hydrogen) atoms. The number of carbonyl (C=O) groups is 1. The maximum absolute atomic E-state index is 12.1. The topological polar surface area (TPSA) is 37.3 Å². The van der Waals surface area contributed by atoms with E-state index in [2.05, 4.69) is 6.92 Å². The fourth-order valence-corrected chi connectivity index (χ4v) is 1.95. The van der Waals surface area contributed by atoms with Crippen molar-refractivity contribution in [2.75, 3.05) is 0 Å². The van der Waals surface area contributed by atoms with Gasteiger partial charge in [-0.25, -0.2) is 0 Å². The molecule has 0 spiro atoms. The molecule has 0 atom stereocenters. The van der Waals surface area contributed by atoms with E-state index < -0.39 is 0 Å². The van der Waals surface area contributed by atoms with Crippen molar-refractivity contribution in [3.05, 3.63) is 28.8 Å². The highest BCUT2D eigenvalue weighted by Crippen LogP contribution is 2.31. The fraction of sp³-hybridized carbons (Fsp3) is 0.533. The number of phenols is 1. The minimum Gasteiger partial charge on any atom is -0.507 e. The molecule has 0 saturated carbocycles. The quantitative estimate of drug-likeness (QED) is 0.775. The first-order valence-corrected chi connectivity index (χ1v) is 6.34. The molecule has 94 valence electrons. The van der Waals surface area contributed by atoms with Gasteiger partial charge in [-0.3, -0.25) is 4.79 Å². The number of hydrogen-bond donors (Lipinski definition) is 1. The fourth-order valence-electron chi connectivity index (χ4n) is 1.95. The van der Waals surface area contributed by atoms with Crippen LogP contribution in [0.1, 0.15) is 67.4 Å². The first-order chi connectivity index (χ1) is 7.99. The number of aromatic hydroxyl groups is 1. The minimum absolute atomic E-state index is 0.0664. The van der Waals surface area contributed by atoms with Gasteiger partial charge in [0.05, 0.1) is 5.56 Å². The molecular formula is C15H22O2. The zero-order chi connectivity index (χ0) is 13.0. The average molecular weight is 234 g/mol. The van der Waals surface area contributed by atoms with Crippen LogP contribution in [0.15, 0.2) is 12.1 Å². The van der Waals surface area contributed by atoms with E-state index in [9.17, 15) is 9.90 Å². The second kappa shape index (κ2) is 5.85. The lowest BCUT2D eigenvalue weighted by molar-refractivity contribution is 0.0975. The summed E-state index contributed by atoms with van der Waals surface area (Å²) >= 11 is 0. The van der Waals surface area contributed by atoms with Crippen molar-refractivity contribution < 1.29 is 9.90 Å². The summed E-state index contributed by atoms with van der Waals surface area (Å²) in [7, 11) is 0. The van der Waals surface area contributed by atoms with Crippen LogP contribution in [0.5, 0.6) is 5.75 Å². The van der Waals surface area contributed by atoms with Crippen LogP contribution in [-0.4, -0.2) is 10.9 Å². The largest absolute Gasteiger partial charge is 0.507 e. The molecule has 0 aromatic heterocycles. The van der Waals surface area contributed by atoms with Crippen molar-refractivity contribution in [3.63, 3.8) is 0 Å². The smallest absolute Gasteiger partial charge is 0.166 e. The Morgan fingerprint density at radius 1 is 1.35 bits per heavy atom. The first-order valence-electron chi connectivity index (χ1n) is 6.34. The molecule has 0 unspecified atom stereocenters. The van der Waals surface area contributed by atoms with E-state index in [4.69, 9.17) is 0 Å². The summed E-state index contributed by atoms with van der Waals surface area (Å²) in [6, 6.07) is 3.83. The third-order valence-electron chi connectivity index (χ3n) is 3.07. The number of ketones is 1. The number of phenolic OH excluding ortho intramolecular Hbond substituents is 1. The van der Waals surface area contributed by atoms with Gasteiger partial charge in [-0.2, -0.15) is 0 Å². The molecule has 0 aliphatic carbocycles. The van der Waals surface area contributed by atoms with Crippen molar-refractivity contribution in [2.24, 2.45) is 0 Å². The van der Waals surface area contributed by atoms with Crippen LogP contribution in [0.2, 0.25) is 0 Å². The summed E-state index contributed by atoms with van der Waals surface area (Å²) < 4.78 is 0. The first kappa shape index (κ1) is 13.8. The van der Waals surface area contributed by atoms with Crippen molar-refractivity contribution in [1.29, 1.82) is 0 Å². The van der Waals surface area contributed by atoms with Crippen molar-refractivity contribution in [1.82, 2.24) is 0 Å². The summed E-state index contributed by atoms with van der Waals surface area (Å²) in [5.41, 5.74) is 2.26. The van der Waals surface area contributed by atoms with Gasteiger partial charge in [0, 0.05) is 6.42 Å². The molecule has 0 radical (unpaired) electrons. The Labute approximate surface area is 104 Å². The van der Waals surface area contributed by atoms with E-state index in [1.54, 1.807) is 0 Å². The standard InChI is InChI=1S/C15H22O2/c1-5-6-7-13(16)14-12(10(2)3)9-8-11(4)15(14)17/h8-10,17H,5-7H2,1-4H3. The molecule has 0 fully saturated rings. The monoisotopic (exact) mass is 234 g/mol. The molecule has 0 aliphatic rings. The zero-order valence-corrected chi connectivity index (χ0v) is 11.2. The third-order valence-corrected chi connectivity index (χ3v) is 3.07. The van der Waals surface area contributed by atoms with Crippen LogP contribution in [-0.2, 0) is 0 Å². The Kier molecular flexibility index (Phi) is 4.73. The lowest BCUT2D eigenvalue weighted by atomic mass is 9.90. The van der Waals surface area contributed by atoms with Crippen LogP contribution < -0.4 is 0 Å². The Morgan fingerprint density at radius 3 is 2.53 bits per heavy atom. The summed E-state index contributed by atoms with van der Waals surface area (Å²) in [6.45, 7) is 7.98. The van der Waals surface area contributed by atoms with Crippen LogP contribution in [0.25, 0.3) is 0 Å². The summed E-state index contributed by atoms with van der Waals surface area (Å²) in [6.07, 6.45) is 2.40. The molecule has 1 N–H and O–H groups in total. The molecule has 2 heteroatoms. The minimum atomic E-state index is 0.0664.